The molecule has 0 spiro atoms. The van der Waals surface area contributed by atoms with Crippen molar-refractivity contribution in [3.63, 3.8) is 0 Å². The SMILES string of the molecule is CCOC(=O)[C@H]1CN[C@H](C(=O)OCC)C1. The Morgan fingerprint density at radius 3 is 2.40 bits per heavy atom. The molecule has 1 fully saturated rings. The highest BCUT2D eigenvalue weighted by atomic mass is 16.5. The molecule has 15 heavy (non-hydrogen) atoms. The quantitative estimate of drug-likeness (QED) is 0.673. The number of hydrogen-bond donors (Lipinski definition) is 1. The van der Waals surface area contributed by atoms with Crippen LogP contribution < -0.4 is 5.32 Å². The molecule has 86 valence electrons. The summed E-state index contributed by atoms with van der Waals surface area (Å²) in [6, 6.07) is -0.362. The zero-order valence-electron chi connectivity index (χ0n) is 9.12. The lowest BCUT2D eigenvalue weighted by atomic mass is 10.1. The van der Waals surface area contributed by atoms with Gasteiger partial charge in [0.2, 0.25) is 0 Å². The average molecular weight is 215 g/mol. The Kier molecular flexibility index (Phi) is 4.55. The first kappa shape index (κ1) is 12.0. The molecule has 1 aliphatic rings. The van der Waals surface area contributed by atoms with Gasteiger partial charge in [-0.15, -0.1) is 0 Å². The van der Waals surface area contributed by atoms with Crippen molar-refractivity contribution < 1.29 is 19.1 Å². The molecule has 1 heterocycles. The smallest absolute Gasteiger partial charge is 0.323 e. The van der Waals surface area contributed by atoms with Crippen LogP contribution in [0.25, 0.3) is 0 Å². The molecule has 2 atom stereocenters. The average Bonchev–Trinajstić information content (AvgIpc) is 2.67. The third kappa shape index (κ3) is 3.20. The number of carbonyl (C=O) groups excluding carboxylic acids is 2. The van der Waals surface area contributed by atoms with E-state index in [2.05, 4.69) is 5.32 Å². The van der Waals surface area contributed by atoms with Crippen LogP contribution in [0.1, 0.15) is 20.3 Å². The lowest BCUT2D eigenvalue weighted by molar-refractivity contribution is -0.147. The third-order valence-electron chi connectivity index (χ3n) is 2.32. The van der Waals surface area contributed by atoms with E-state index in [0.717, 1.165) is 0 Å². The largest absolute Gasteiger partial charge is 0.466 e. The minimum Gasteiger partial charge on any atom is -0.466 e. The summed E-state index contributed by atoms with van der Waals surface area (Å²) in [5.41, 5.74) is 0. The zero-order chi connectivity index (χ0) is 11.3. The van der Waals surface area contributed by atoms with Crippen molar-refractivity contribution in [2.75, 3.05) is 19.8 Å². The molecule has 0 amide bonds. The fraction of sp³-hybridized carbons (Fsp3) is 0.800. The molecule has 0 bridgehead atoms. The van der Waals surface area contributed by atoms with Crippen molar-refractivity contribution in [1.29, 1.82) is 0 Å². The van der Waals surface area contributed by atoms with Gasteiger partial charge in [-0.3, -0.25) is 9.59 Å². The first-order chi connectivity index (χ1) is 7.19. The number of hydrogen-bond acceptors (Lipinski definition) is 5. The van der Waals surface area contributed by atoms with Gasteiger partial charge < -0.3 is 14.8 Å². The zero-order valence-corrected chi connectivity index (χ0v) is 9.12. The summed E-state index contributed by atoms with van der Waals surface area (Å²) >= 11 is 0. The molecule has 0 saturated carbocycles. The van der Waals surface area contributed by atoms with E-state index >= 15 is 0 Å². The summed E-state index contributed by atoms with van der Waals surface area (Å²) in [6.45, 7) is 4.75. The predicted molar refractivity (Wildman–Crippen MR) is 53.2 cm³/mol. The van der Waals surface area contributed by atoms with Crippen LogP contribution in [0.2, 0.25) is 0 Å². The molecule has 1 aliphatic heterocycles. The lowest BCUT2D eigenvalue weighted by Crippen LogP contribution is -2.32. The van der Waals surface area contributed by atoms with Gasteiger partial charge in [0.15, 0.2) is 0 Å². The monoisotopic (exact) mass is 215 g/mol. The van der Waals surface area contributed by atoms with E-state index in [1.165, 1.54) is 0 Å². The Morgan fingerprint density at radius 1 is 1.20 bits per heavy atom. The number of esters is 2. The first-order valence-corrected chi connectivity index (χ1v) is 5.25. The van der Waals surface area contributed by atoms with E-state index in [9.17, 15) is 9.59 Å². The molecule has 5 heteroatoms. The second-order valence-electron chi connectivity index (χ2n) is 3.40. The minimum absolute atomic E-state index is 0.223. The fourth-order valence-electron chi connectivity index (χ4n) is 1.60. The van der Waals surface area contributed by atoms with Gasteiger partial charge in [0.1, 0.15) is 6.04 Å². The van der Waals surface area contributed by atoms with Crippen molar-refractivity contribution in [2.45, 2.75) is 26.3 Å². The number of nitrogens with one attached hydrogen (secondary N) is 1. The molecular weight excluding hydrogens is 198 g/mol. The van der Waals surface area contributed by atoms with Crippen molar-refractivity contribution in [3.8, 4) is 0 Å². The molecule has 5 nitrogen and oxygen atoms in total. The van der Waals surface area contributed by atoms with Crippen LogP contribution in [0, 0.1) is 5.92 Å². The summed E-state index contributed by atoms with van der Waals surface area (Å²) in [7, 11) is 0. The first-order valence-electron chi connectivity index (χ1n) is 5.25. The van der Waals surface area contributed by atoms with Crippen LogP contribution in [0.15, 0.2) is 0 Å². The topological polar surface area (TPSA) is 64.6 Å². The maximum Gasteiger partial charge on any atom is 0.323 e. The standard InChI is InChI=1S/C10H17NO4/c1-3-14-9(12)7-5-8(11-6-7)10(13)15-4-2/h7-8,11H,3-6H2,1-2H3/t7-,8+/m1/s1. The third-order valence-corrected chi connectivity index (χ3v) is 2.32. The molecule has 0 unspecified atom stereocenters. The lowest BCUT2D eigenvalue weighted by Gasteiger charge is -2.09. The number of rotatable bonds is 4. The van der Waals surface area contributed by atoms with Gasteiger partial charge in [-0.25, -0.2) is 0 Å². The predicted octanol–water partition coefficient (Wildman–Crippen LogP) is 0.0907. The molecule has 0 aromatic carbocycles. The van der Waals surface area contributed by atoms with E-state index in [4.69, 9.17) is 9.47 Å². The van der Waals surface area contributed by atoms with Crippen molar-refractivity contribution in [3.05, 3.63) is 0 Å². The highest BCUT2D eigenvalue weighted by Gasteiger charge is 2.35. The maximum absolute atomic E-state index is 11.4. The summed E-state index contributed by atoms with van der Waals surface area (Å²) in [4.78, 5) is 22.7. The van der Waals surface area contributed by atoms with Crippen LogP contribution in [0.3, 0.4) is 0 Å². The van der Waals surface area contributed by atoms with Crippen LogP contribution in [0.5, 0.6) is 0 Å². The van der Waals surface area contributed by atoms with Gasteiger partial charge in [-0.2, -0.15) is 0 Å². The van der Waals surface area contributed by atoms with E-state index in [0.29, 0.717) is 26.2 Å². The Labute approximate surface area is 89.1 Å². The van der Waals surface area contributed by atoms with Crippen molar-refractivity contribution >= 4 is 11.9 Å². The minimum atomic E-state index is -0.362. The molecule has 0 aromatic rings. The number of ether oxygens (including phenoxy) is 2. The van der Waals surface area contributed by atoms with Crippen LogP contribution in [-0.4, -0.2) is 37.7 Å². The van der Waals surface area contributed by atoms with Crippen LogP contribution in [0.4, 0.5) is 0 Å². The molecular formula is C10H17NO4. The molecule has 0 aromatic heterocycles. The van der Waals surface area contributed by atoms with E-state index in [1.807, 2.05) is 0 Å². The molecule has 1 N–H and O–H groups in total. The number of carbonyl (C=O) groups is 2. The normalized spacial score (nSPS) is 24.9. The summed E-state index contributed by atoms with van der Waals surface area (Å²) in [6.07, 6.45) is 0.470. The van der Waals surface area contributed by atoms with Gasteiger partial charge in [0, 0.05) is 6.54 Å². The van der Waals surface area contributed by atoms with Gasteiger partial charge in [-0.05, 0) is 20.3 Å². The Morgan fingerprint density at radius 2 is 1.80 bits per heavy atom. The molecule has 0 radical (unpaired) electrons. The van der Waals surface area contributed by atoms with Crippen LogP contribution in [-0.2, 0) is 19.1 Å². The molecule has 1 rings (SSSR count). The molecule has 0 aliphatic carbocycles. The van der Waals surface area contributed by atoms with Gasteiger partial charge >= 0.3 is 11.9 Å². The van der Waals surface area contributed by atoms with Gasteiger partial charge in [0.05, 0.1) is 19.1 Å². The van der Waals surface area contributed by atoms with Crippen molar-refractivity contribution in [2.24, 2.45) is 5.92 Å². The Bertz CT molecular complexity index is 218. The maximum atomic E-state index is 11.4. The highest BCUT2D eigenvalue weighted by Crippen LogP contribution is 2.16. The summed E-state index contributed by atoms with van der Waals surface area (Å²) in [5, 5.41) is 2.96. The van der Waals surface area contributed by atoms with E-state index in [1.54, 1.807) is 13.8 Å². The Balaban J connectivity index is 2.38. The van der Waals surface area contributed by atoms with Gasteiger partial charge in [-0.1, -0.05) is 0 Å². The fourth-order valence-corrected chi connectivity index (χ4v) is 1.60. The Hall–Kier alpha value is -1.10. The second-order valence-corrected chi connectivity index (χ2v) is 3.40. The second kappa shape index (κ2) is 5.70. The van der Waals surface area contributed by atoms with Gasteiger partial charge in [0.25, 0.3) is 0 Å². The van der Waals surface area contributed by atoms with Crippen LogP contribution >= 0.6 is 0 Å². The molecule has 1 saturated heterocycles. The van der Waals surface area contributed by atoms with E-state index < -0.39 is 0 Å². The van der Waals surface area contributed by atoms with E-state index in [-0.39, 0.29) is 23.9 Å². The highest BCUT2D eigenvalue weighted by molar-refractivity contribution is 5.79. The summed E-state index contributed by atoms with van der Waals surface area (Å²) in [5.74, 6) is -0.750. The van der Waals surface area contributed by atoms with Crippen molar-refractivity contribution in [1.82, 2.24) is 5.32 Å². The summed E-state index contributed by atoms with van der Waals surface area (Å²) < 4.78 is 9.74.